The summed E-state index contributed by atoms with van der Waals surface area (Å²) in [5.41, 5.74) is 0. The third-order valence-corrected chi connectivity index (χ3v) is 2.25. The molecule has 0 aromatic carbocycles. The second-order valence-electron chi connectivity index (χ2n) is 3.77. The fourth-order valence-electron chi connectivity index (χ4n) is 1.30. The molecule has 2 amide bonds. The molecule has 1 atom stereocenters. The summed E-state index contributed by atoms with van der Waals surface area (Å²) in [7, 11) is 1.30. The average Bonchev–Trinajstić information content (AvgIpc) is 2.26. The molecule has 2 N–H and O–H groups in total. The number of alkyl halides is 3. The minimum Gasteiger partial charge on any atom is -0.480 e. The highest BCUT2D eigenvalue weighted by molar-refractivity contribution is 5.82. The minimum absolute atomic E-state index is 0.130. The number of amides is 2. The molecular formula is C10H17F3N2O4. The van der Waals surface area contributed by atoms with Gasteiger partial charge in [-0.3, -0.25) is 0 Å². The largest absolute Gasteiger partial charge is 0.480 e. The Morgan fingerprint density at radius 1 is 1.42 bits per heavy atom. The molecule has 0 aliphatic heterocycles. The molecule has 0 aromatic heterocycles. The van der Waals surface area contributed by atoms with E-state index in [0.29, 0.717) is 0 Å². The molecule has 112 valence electrons. The molecule has 0 bridgehead atoms. The van der Waals surface area contributed by atoms with E-state index >= 15 is 0 Å². The van der Waals surface area contributed by atoms with Crippen LogP contribution in [0.25, 0.3) is 0 Å². The number of halogens is 3. The molecule has 0 spiro atoms. The van der Waals surface area contributed by atoms with Gasteiger partial charge in [-0.1, -0.05) is 6.92 Å². The van der Waals surface area contributed by atoms with Gasteiger partial charge in [-0.25, -0.2) is 9.59 Å². The van der Waals surface area contributed by atoms with Gasteiger partial charge in [-0.15, -0.1) is 0 Å². The van der Waals surface area contributed by atoms with E-state index in [-0.39, 0.29) is 19.6 Å². The number of rotatable bonds is 7. The average molecular weight is 286 g/mol. The van der Waals surface area contributed by atoms with Crippen LogP contribution in [0.15, 0.2) is 0 Å². The first-order valence-electron chi connectivity index (χ1n) is 5.57. The number of likely N-dealkylation sites (N-methyl/N-ethyl adjacent to an activating group) is 1. The van der Waals surface area contributed by atoms with Crippen molar-refractivity contribution >= 4 is 12.0 Å². The number of urea groups is 1. The predicted molar refractivity (Wildman–Crippen MR) is 59.8 cm³/mol. The molecular weight excluding hydrogens is 269 g/mol. The van der Waals surface area contributed by atoms with Gasteiger partial charge in [0.05, 0.1) is 6.61 Å². The summed E-state index contributed by atoms with van der Waals surface area (Å²) in [6.45, 7) is -0.210. The molecule has 0 aliphatic rings. The van der Waals surface area contributed by atoms with Crippen molar-refractivity contribution in [3.63, 3.8) is 0 Å². The van der Waals surface area contributed by atoms with Gasteiger partial charge in [-0.2, -0.15) is 13.2 Å². The number of aliphatic carboxylic acids is 1. The van der Waals surface area contributed by atoms with Crippen molar-refractivity contribution < 1.29 is 32.6 Å². The van der Waals surface area contributed by atoms with Gasteiger partial charge in [0.2, 0.25) is 0 Å². The van der Waals surface area contributed by atoms with Crippen molar-refractivity contribution in [3.8, 4) is 0 Å². The lowest BCUT2D eigenvalue weighted by atomic mass is 10.2. The Labute approximate surface area is 108 Å². The predicted octanol–water partition coefficient (Wildman–Crippen LogP) is 1.07. The van der Waals surface area contributed by atoms with E-state index in [1.165, 1.54) is 7.05 Å². The van der Waals surface area contributed by atoms with Crippen LogP contribution in [0.3, 0.4) is 0 Å². The lowest BCUT2D eigenvalue weighted by molar-refractivity contribution is -0.173. The minimum atomic E-state index is -4.41. The van der Waals surface area contributed by atoms with Crippen molar-refractivity contribution in [1.82, 2.24) is 10.2 Å². The molecule has 0 fully saturated rings. The van der Waals surface area contributed by atoms with Crippen LogP contribution in [0.5, 0.6) is 0 Å². The highest BCUT2D eigenvalue weighted by atomic mass is 19.4. The zero-order valence-electron chi connectivity index (χ0n) is 10.7. The van der Waals surface area contributed by atoms with E-state index in [0.717, 1.165) is 4.90 Å². The maximum absolute atomic E-state index is 11.7. The number of ether oxygens (including phenoxy) is 1. The highest BCUT2D eigenvalue weighted by Crippen LogP contribution is 2.13. The number of hydrogen-bond donors (Lipinski definition) is 2. The molecule has 0 rings (SSSR count). The standard InChI is InChI=1S/C10H17F3N2O4/c1-3-7(8(16)17)15(2)9(18)14-4-5-19-6-10(11,12)13/h7H,3-6H2,1-2H3,(H,14,18)(H,16,17). The molecule has 19 heavy (non-hydrogen) atoms. The van der Waals surface area contributed by atoms with Gasteiger partial charge in [-0.05, 0) is 6.42 Å². The number of hydrogen-bond acceptors (Lipinski definition) is 3. The van der Waals surface area contributed by atoms with Crippen molar-refractivity contribution in [2.75, 3.05) is 26.8 Å². The van der Waals surface area contributed by atoms with Gasteiger partial charge >= 0.3 is 18.2 Å². The topological polar surface area (TPSA) is 78.9 Å². The number of nitrogens with one attached hydrogen (secondary N) is 1. The van der Waals surface area contributed by atoms with Gasteiger partial charge in [0.1, 0.15) is 12.6 Å². The lowest BCUT2D eigenvalue weighted by Gasteiger charge is -2.23. The van der Waals surface area contributed by atoms with Crippen LogP contribution >= 0.6 is 0 Å². The van der Waals surface area contributed by atoms with Crippen molar-refractivity contribution in [2.45, 2.75) is 25.6 Å². The summed E-state index contributed by atoms with van der Waals surface area (Å²) >= 11 is 0. The van der Waals surface area contributed by atoms with E-state index in [1.807, 2.05) is 0 Å². The van der Waals surface area contributed by atoms with E-state index in [4.69, 9.17) is 5.11 Å². The second kappa shape index (κ2) is 7.82. The monoisotopic (exact) mass is 286 g/mol. The van der Waals surface area contributed by atoms with Gasteiger partial charge in [0.15, 0.2) is 0 Å². The summed E-state index contributed by atoms with van der Waals surface area (Å²) < 4.78 is 39.5. The summed E-state index contributed by atoms with van der Waals surface area (Å²) in [5, 5.41) is 11.1. The van der Waals surface area contributed by atoms with E-state index in [9.17, 15) is 22.8 Å². The maximum atomic E-state index is 11.7. The first kappa shape index (κ1) is 17.5. The molecule has 6 nitrogen and oxygen atoms in total. The Kier molecular flexibility index (Phi) is 7.20. The highest BCUT2D eigenvalue weighted by Gasteiger charge is 2.27. The molecule has 1 unspecified atom stereocenters. The number of carboxylic acids is 1. The van der Waals surface area contributed by atoms with Gasteiger partial charge in [0.25, 0.3) is 0 Å². The first-order valence-corrected chi connectivity index (χ1v) is 5.57. The van der Waals surface area contributed by atoms with E-state index < -0.39 is 30.8 Å². The maximum Gasteiger partial charge on any atom is 0.411 e. The smallest absolute Gasteiger partial charge is 0.411 e. The van der Waals surface area contributed by atoms with Crippen LogP contribution in [-0.2, 0) is 9.53 Å². The van der Waals surface area contributed by atoms with Crippen molar-refractivity contribution in [3.05, 3.63) is 0 Å². The summed E-state index contributed by atoms with van der Waals surface area (Å²) in [6.07, 6.45) is -4.18. The zero-order valence-corrected chi connectivity index (χ0v) is 10.7. The zero-order chi connectivity index (χ0) is 15.1. The molecule has 0 saturated carbocycles. The quantitative estimate of drug-likeness (QED) is 0.686. The molecule has 0 aromatic rings. The summed E-state index contributed by atoms with van der Waals surface area (Å²) in [6, 6.07) is -1.65. The summed E-state index contributed by atoms with van der Waals surface area (Å²) in [5.74, 6) is -1.14. The number of carbonyl (C=O) groups is 2. The second-order valence-corrected chi connectivity index (χ2v) is 3.77. The van der Waals surface area contributed by atoms with Crippen LogP contribution < -0.4 is 5.32 Å². The Balaban J connectivity index is 3.95. The normalized spacial score (nSPS) is 12.9. The Morgan fingerprint density at radius 2 is 2.00 bits per heavy atom. The lowest BCUT2D eigenvalue weighted by Crippen LogP contribution is -2.47. The van der Waals surface area contributed by atoms with Crippen LogP contribution in [0, 0.1) is 0 Å². The number of carbonyl (C=O) groups excluding carboxylic acids is 1. The summed E-state index contributed by atoms with van der Waals surface area (Å²) in [4.78, 5) is 23.3. The Bertz CT molecular complexity index is 310. The number of carboxylic acid groups (broad SMARTS) is 1. The van der Waals surface area contributed by atoms with Crippen LogP contribution in [0.4, 0.5) is 18.0 Å². The van der Waals surface area contributed by atoms with E-state index in [1.54, 1.807) is 6.92 Å². The van der Waals surface area contributed by atoms with Gasteiger partial charge in [0, 0.05) is 13.6 Å². The SMILES string of the molecule is CCC(C(=O)O)N(C)C(=O)NCCOCC(F)(F)F. The Hall–Kier alpha value is -1.51. The van der Waals surface area contributed by atoms with Gasteiger partial charge < -0.3 is 20.1 Å². The third-order valence-electron chi connectivity index (χ3n) is 2.25. The fourth-order valence-corrected chi connectivity index (χ4v) is 1.30. The van der Waals surface area contributed by atoms with E-state index in [2.05, 4.69) is 10.1 Å². The van der Waals surface area contributed by atoms with Crippen molar-refractivity contribution in [1.29, 1.82) is 0 Å². The Morgan fingerprint density at radius 3 is 2.42 bits per heavy atom. The van der Waals surface area contributed by atoms with Crippen LogP contribution in [-0.4, -0.2) is 61.0 Å². The third kappa shape index (κ3) is 7.50. The number of nitrogens with zero attached hydrogens (tertiary/aromatic N) is 1. The fraction of sp³-hybridized carbons (Fsp3) is 0.800. The van der Waals surface area contributed by atoms with Crippen LogP contribution in [0.2, 0.25) is 0 Å². The molecule has 0 saturated heterocycles. The molecule has 9 heteroatoms. The molecule has 0 radical (unpaired) electrons. The molecule has 0 aliphatic carbocycles. The first-order chi connectivity index (χ1) is 8.69. The van der Waals surface area contributed by atoms with Crippen LogP contribution in [0.1, 0.15) is 13.3 Å². The van der Waals surface area contributed by atoms with Crippen molar-refractivity contribution in [2.24, 2.45) is 0 Å². The molecule has 0 heterocycles.